The lowest BCUT2D eigenvalue weighted by Gasteiger charge is -2.08. The van der Waals surface area contributed by atoms with E-state index in [1.807, 2.05) is 35.9 Å². The molecular formula is C13H12N2. The van der Waals surface area contributed by atoms with Crippen LogP contribution >= 0.6 is 0 Å². The maximum absolute atomic E-state index is 8.83. The van der Waals surface area contributed by atoms with Crippen molar-refractivity contribution in [3.8, 4) is 11.8 Å². The lowest BCUT2D eigenvalue weighted by Crippen LogP contribution is -1.96. The molecule has 0 spiro atoms. The largest absolute Gasteiger partial charge is 0.320 e. The first-order chi connectivity index (χ1) is 7.22. The van der Waals surface area contributed by atoms with Gasteiger partial charge in [-0.25, -0.2) is 0 Å². The highest BCUT2D eigenvalue weighted by Crippen LogP contribution is 2.17. The molecule has 1 heterocycles. The molecule has 0 saturated heterocycles. The standard InChI is InChI=1S/C13H12N2/c1-10-5-3-4-6-13(10)15-9-12(8-14)7-11(15)2/h3-7,9H,1-2H3. The fraction of sp³-hybridized carbons (Fsp3) is 0.154. The maximum atomic E-state index is 8.83. The summed E-state index contributed by atoms with van der Waals surface area (Å²) in [5, 5.41) is 8.83. The van der Waals surface area contributed by atoms with E-state index in [1.54, 1.807) is 0 Å². The minimum atomic E-state index is 0.704. The van der Waals surface area contributed by atoms with Crippen LogP contribution in [0.1, 0.15) is 16.8 Å². The van der Waals surface area contributed by atoms with Gasteiger partial charge in [-0.05, 0) is 31.5 Å². The quantitative estimate of drug-likeness (QED) is 0.689. The Morgan fingerprint density at radius 1 is 1.20 bits per heavy atom. The Morgan fingerprint density at radius 2 is 1.93 bits per heavy atom. The van der Waals surface area contributed by atoms with Gasteiger partial charge in [-0.15, -0.1) is 0 Å². The highest BCUT2D eigenvalue weighted by Gasteiger charge is 2.05. The summed E-state index contributed by atoms with van der Waals surface area (Å²) in [7, 11) is 0. The molecular weight excluding hydrogens is 184 g/mol. The highest BCUT2D eigenvalue weighted by molar-refractivity contribution is 5.45. The minimum absolute atomic E-state index is 0.704. The van der Waals surface area contributed by atoms with Crippen molar-refractivity contribution in [2.45, 2.75) is 13.8 Å². The van der Waals surface area contributed by atoms with Crippen LogP contribution in [0.25, 0.3) is 5.69 Å². The van der Waals surface area contributed by atoms with Gasteiger partial charge in [-0.3, -0.25) is 0 Å². The van der Waals surface area contributed by atoms with Crippen LogP contribution in [0.2, 0.25) is 0 Å². The van der Waals surface area contributed by atoms with Gasteiger partial charge in [0.2, 0.25) is 0 Å². The minimum Gasteiger partial charge on any atom is -0.320 e. The van der Waals surface area contributed by atoms with Crippen molar-refractivity contribution in [1.29, 1.82) is 5.26 Å². The van der Waals surface area contributed by atoms with Crippen molar-refractivity contribution in [1.82, 2.24) is 4.57 Å². The molecule has 2 nitrogen and oxygen atoms in total. The number of hydrogen-bond acceptors (Lipinski definition) is 1. The number of nitrogens with zero attached hydrogens (tertiary/aromatic N) is 2. The number of para-hydroxylation sites is 1. The summed E-state index contributed by atoms with van der Waals surface area (Å²) in [6.45, 7) is 4.08. The van der Waals surface area contributed by atoms with Crippen LogP contribution in [0.5, 0.6) is 0 Å². The van der Waals surface area contributed by atoms with Crippen LogP contribution < -0.4 is 0 Å². The van der Waals surface area contributed by atoms with Crippen LogP contribution in [0.15, 0.2) is 36.5 Å². The summed E-state index contributed by atoms with van der Waals surface area (Å²) < 4.78 is 2.05. The Bertz CT molecular complexity index is 530. The molecule has 2 aromatic rings. The Kier molecular flexibility index (Phi) is 2.31. The smallest absolute Gasteiger partial charge is 0.101 e. The van der Waals surface area contributed by atoms with Crippen LogP contribution in [0.4, 0.5) is 0 Å². The van der Waals surface area contributed by atoms with Crippen molar-refractivity contribution in [3.05, 3.63) is 53.3 Å². The first-order valence-electron chi connectivity index (χ1n) is 4.87. The van der Waals surface area contributed by atoms with Crippen LogP contribution in [0.3, 0.4) is 0 Å². The third-order valence-electron chi connectivity index (χ3n) is 2.52. The highest BCUT2D eigenvalue weighted by atomic mass is 15.0. The number of aromatic nitrogens is 1. The summed E-state index contributed by atoms with van der Waals surface area (Å²) >= 11 is 0. The molecule has 0 aliphatic carbocycles. The van der Waals surface area contributed by atoms with Crippen LogP contribution in [-0.2, 0) is 0 Å². The van der Waals surface area contributed by atoms with Gasteiger partial charge in [0.15, 0.2) is 0 Å². The van der Waals surface area contributed by atoms with Crippen molar-refractivity contribution < 1.29 is 0 Å². The van der Waals surface area contributed by atoms with E-state index in [4.69, 9.17) is 5.26 Å². The molecule has 1 aromatic carbocycles. The van der Waals surface area contributed by atoms with E-state index < -0.39 is 0 Å². The van der Waals surface area contributed by atoms with Crippen LogP contribution in [-0.4, -0.2) is 4.57 Å². The molecule has 2 heteroatoms. The molecule has 2 rings (SSSR count). The first kappa shape index (κ1) is 9.54. The molecule has 0 amide bonds. The average Bonchev–Trinajstić information content (AvgIpc) is 2.60. The van der Waals surface area contributed by atoms with Gasteiger partial charge >= 0.3 is 0 Å². The second-order valence-electron chi connectivity index (χ2n) is 3.64. The molecule has 1 aromatic heterocycles. The first-order valence-corrected chi connectivity index (χ1v) is 4.87. The predicted molar refractivity (Wildman–Crippen MR) is 60.0 cm³/mol. The monoisotopic (exact) mass is 196 g/mol. The molecule has 0 aliphatic rings. The van der Waals surface area contributed by atoms with E-state index in [2.05, 4.69) is 25.1 Å². The fourth-order valence-electron chi connectivity index (χ4n) is 1.73. The summed E-state index contributed by atoms with van der Waals surface area (Å²) in [4.78, 5) is 0. The Hall–Kier alpha value is -2.01. The molecule has 0 N–H and O–H groups in total. The zero-order chi connectivity index (χ0) is 10.8. The number of hydrogen-bond donors (Lipinski definition) is 0. The average molecular weight is 196 g/mol. The van der Waals surface area contributed by atoms with Crippen molar-refractivity contribution in [2.75, 3.05) is 0 Å². The summed E-state index contributed by atoms with van der Waals surface area (Å²) in [5.74, 6) is 0. The molecule has 74 valence electrons. The van der Waals surface area contributed by atoms with Gasteiger partial charge in [-0.2, -0.15) is 5.26 Å². The summed E-state index contributed by atoms with van der Waals surface area (Å²) in [5.41, 5.74) is 4.13. The molecule has 0 radical (unpaired) electrons. The van der Waals surface area contributed by atoms with Crippen molar-refractivity contribution >= 4 is 0 Å². The number of nitriles is 1. The predicted octanol–water partition coefficient (Wildman–Crippen LogP) is 2.97. The zero-order valence-corrected chi connectivity index (χ0v) is 8.86. The van der Waals surface area contributed by atoms with E-state index in [0.717, 1.165) is 11.4 Å². The third kappa shape index (κ3) is 1.64. The zero-order valence-electron chi connectivity index (χ0n) is 8.86. The molecule has 0 saturated carbocycles. The van der Waals surface area contributed by atoms with Gasteiger partial charge in [0.05, 0.1) is 5.56 Å². The number of aryl methyl sites for hydroxylation is 2. The topological polar surface area (TPSA) is 28.7 Å². The van der Waals surface area contributed by atoms with E-state index in [0.29, 0.717) is 5.56 Å². The van der Waals surface area contributed by atoms with Gasteiger partial charge in [0, 0.05) is 17.6 Å². The molecule has 0 aliphatic heterocycles. The van der Waals surface area contributed by atoms with Gasteiger partial charge in [-0.1, -0.05) is 18.2 Å². The van der Waals surface area contributed by atoms with Gasteiger partial charge in [0.25, 0.3) is 0 Å². The fourth-order valence-corrected chi connectivity index (χ4v) is 1.73. The van der Waals surface area contributed by atoms with Gasteiger partial charge < -0.3 is 4.57 Å². The molecule has 15 heavy (non-hydrogen) atoms. The lowest BCUT2D eigenvalue weighted by atomic mass is 10.2. The van der Waals surface area contributed by atoms with E-state index in [9.17, 15) is 0 Å². The van der Waals surface area contributed by atoms with Gasteiger partial charge in [0.1, 0.15) is 6.07 Å². The Labute approximate surface area is 89.4 Å². The van der Waals surface area contributed by atoms with Crippen LogP contribution in [0, 0.1) is 25.2 Å². The molecule has 0 atom stereocenters. The molecule has 0 bridgehead atoms. The Morgan fingerprint density at radius 3 is 2.53 bits per heavy atom. The van der Waals surface area contributed by atoms with Crippen molar-refractivity contribution in [2.24, 2.45) is 0 Å². The second-order valence-corrected chi connectivity index (χ2v) is 3.64. The summed E-state index contributed by atoms with van der Waals surface area (Å²) in [6, 6.07) is 12.2. The normalized spacial score (nSPS) is 9.93. The lowest BCUT2D eigenvalue weighted by molar-refractivity contribution is 1.00. The van der Waals surface area contributed by atoms with E-state index in [1.165, 1.54) is 5.56 Å². The molecule has 0 fully saturated rings. The number of benzene rings is 1. The third-order valence-corrected chi connectivity index (χ3v) is 2.52. The number of rotatable bonds is 1. The van der Waals surface area contributed by atoms with Crippen molar-refractivity contribution in [3.63, 3.8) is 0 Å². The molecule has 0 unspecified atom stereocenters. The van der Waals surface area contributed by atoms with E-state index in [-0.39, 0.29) is 0 Å². The second kappa shape index (κ2) is 3.62. The van der Waals surface area contributed by atoms with E-state index >= 15 is 0 Å². The summed E-state index contributed by atoms with van der Waals surface area (Å²) in [6.07, 6.45) is 1.87. The SMILES string of the molecule is Cc1ccccc1-n1cc(C#N)cc1C. The maximum Gasteiger partial charge on any atom is 0.101 e. The Balaban J connectivity index is 2.60.